The van der Waals surface area contributed by atoms with Crippen LogP contribution in [0.15, 0.2) is 42.5 Å². The molecule has 0 spiro atoms. The first kappa shape index (κ1) is 14.6. The SMILES string of the molecule is Cc1ccc(Oc2ccccc2CO)c(C(C)(C)C)c1. The Labute approximate surface area is 121 Å². The predicted octanol–water partition coefficient (Wildman–Crippen LogP) is 4.58. The van der Waals surface area contributed by atoms with Crippen LogP contribution in [0.3, 0.4) is 0 Å². The van der Waals surface area contributed by atoms with Gasteiger partial charge in [-0.05, 0) is 24.5 Å². The van der Waals surface area contributed by atoms with Crippen molar-refractivity contribution in [3.8, 4) is 11.5 Å². The highest BCUT2D eigenvalue weighted by Gasteiger charge is 2.20. The highest BCUT2D eigenvalue weighted by atomic mass is 16.5. The first-order valence-corrected chi connectivity index (χ1v) is 6.89. The molecule has 0 atom stereocenters. The molecule has 0 saturated carbocycles. The van der Waals surface area contributed by atoms with E-state index in [-0.39, 0.29) is 12.0 Å². The van der Waals surface area contributed by atoms with Gasteiger partial charge >= 0.3 is 0 Å². The van der Waals surface area contributed by atoms with Crippen LogP contribution in [-0.4, -0.2) is 5.11 Å². The molecule has 0 bridgehead atoms. The quantitative estimate of drug-likeness (QED) is 0.884. The van der Waals surface area contributed by atoms with Crippen LogP contribution < -0.4 is 4.74 Å². The number of benzene rings is 2. The van der Waals surface area contributed by atoms with E-state index in [4.69, 9.17) is 4.74 Å². The molecular weight excluding hydrogens is 248 g/mol. The molecule has 106 valence electrons. The molecule has 0 aromatic heterocycles. The number of ether oxygens (including phenoxy) is 1. The average Bonchev–Trinajstić information content (AvgIpc) is 2.40. The Morgan fingerprint density at radius 3 is 2.35 bits per heavy atom. The van der Waals surface area contributed by atoms with Crippen molar-refractivity contribution in [1.29, 1.82) is 0 Å². The predicted molar refractivity (Wildman–Crippen MR) is 82.3 cm³/mol. The van der Waals surface area contributed by atoms with Gasteiger partial charge in [0.05, 0.1) is 6.61 Å². The third-order valence-corrected chi connectivity index (χ3v) is 3.31. The Kier molecular flexibility index (Phi) is 4.15. The van der Waals surface area contributed by atoms with Gasteiger partial charge in [0.1, 0.15) is 11.5 Å². The van der Waals surface area contributed by atoms with Crippen LogP contribution in [0.4, 0.5) is 0 Å². The highest BCUT2D eigenvalue weighted by molar-refractivity contribution is 5.45. The lowest BCUT2D eigenvalue weighted by Gasteiger charge is -2.23. The van der Waals surface area contributed by atoms with Crippen LogP contribution in [0.25, 0.3) is 0 Å². The van der Waals surface area contributed by atoms with Crippen LogP contribution in [0.1, 0.15) is 37.5 Å². The zero-order valence-corrected chi connectivity index (χ0v) is 12.6. The van der Waals surface area contributed by atoms with Gasteiger partial charge in [0.25, 0.3) is 0 Å². The zero-order valence-electron chi connectivity index (χ0n) is 12.6. The fraction of sp³-hybridized carbons (Fsp3) is 0.333. The second-order valence-corrected chi connectivity index (χ2v) is 6.12. The standard InChI is InChI=1S/C18H22O2/c1-13-9-10-17(15(11-13)18(2,3)4)20-16-8-6-5-7-14(16)12-19/h5-11,19H,12H2,1-4H3. The van der Waals surface area contributed by atoms with E-state index in [0.717, 1.165) is 11.3 Å². The Balaban J connectivity index is 2.44. The van der Waals surface area contributed by atoms with E-state index >= 15 is 0 Å². The van der Waals surface area contributed by atoms with Crippen LogP contribution in [-0.2, 0) is 12.0 Å². The van der Waals surface area contributed by atoms with Gasteiger partial charge in [-0.15, -0.1) is 0 Å². The molecule has 1 N–H and O–H groups in total. The molecule has 0 amide bonds. The van der Waals surface area contributed by atoms with E-state index in [1.54, 1.807) is 0 Å². The summed E-state index contributed by atoms with van der Waals surface area (Å²) in [5, 5.41) is 9.39. The van der Waals surface area contributed by atoms with Gasteiger partial charge in [0.2, 0.25) is 0 Å². The lowest BCUT2D eigenvalue weighted by atomic mass is 9.85. The molecular formula is C18H22O2. The molecule has 0 radical (unpaired) electrons. The fourth-order valence-corrected chi connectivity index (χ4v) is 2.17. The number of hydrogen-bond donors (Lipinski definition) is 1. The largest absolute Gasteiger partial charge is 0.457 e. The molecule has 2 aromatic rings. The number of hydrogen-bond acceptors (Lipinski definition) is 2. The van der Waals surface area contributed by atoms with Gasteiger partial charge in [-0.3, -0.25) is 0 Å². The average molecular weight is 270 g/mol. The molecule has 20 heavy (non-hydrogen) atoms. The number of aryl methyl sites for hydroxylation is 1. The Hall–Kier alpha value is -1.80. The number of aliphatic hydroxyl groups excluding tert-OH is 1. The van der Waals surface area contributed by atoms with E-state index in [1.165, 1.54) is 11.1 Å². The summed E-state index contributed by atoms with van der Waals surface area (Å²) in [5.74, 6) is 1.56. The van der Waals surface area contributed by atoms with E-state index in [9.17, 15) is 5.11 Å². The zero-order chi connectivity index (χ0) is 14.8. The Morgan fingerprint density at radius 2 is 1.70 bits per heavy atom. The van der Waals surface area contributed by atoms with Crippen molar-refractivity contribution in [2.24, 2.45) is 0 Å². The summed E-state index contributed by atoms with van der Waals surface area (Å²) in [6, 6.07) is 13.8. The van der Waals surface area contributed by atoms with Crippen LogP contribution >= 0.6 is 0 Å². The minimum atomic E-state index is -0.0209. The van der Waals surface area contributed by atoms with Crippen molar-refractivity contribution >= 4 is 0 Å². The molecule has 2 heteroatoms. The molecule has 0 aliphatic carbocycles. The third kappa shape index (κ3) is 3.20. The van der Waals surface area contributed by atoms with Crippen LogP contribution in [0.5, 0.6) is 11.5 Å². The monoisotopic (exact) mass is 270 g/mol. The molecule has 0 saturated heterocycles. The maximum Gasteiger partial charge on any atom is 0.132 e. The summed E-state index contributed by atoms with van der Waals surface area (Å²) in [5.41, 5.74) is 3.20. The molecule has 0 aliphatic rings. The lowest BCUT2D eigenvalue weighted by Crippen LogP contribution is -2.13. The summed E-state index contributed by atoms with van der Waals surface area (Å²) in [6.45, 7) is 8.58. The number of rotatable bonds is 3. The molecule has 2 rings (SSSR count). The second kappa shape index (κ2) is 5.68. The molecule has 2 nitrogen and oxygen atoms in total. The van der Waals surface area contributed by atoms with Gasteiger partial charge in [-0.1, -0.05) is 56.7 Å². The topological polar surface area (TPSA) is 29.5 Å². The highest BCUT2D eigenvalue weighted by Crippen LogP contribution is 2.35. The first-order chi connectivity index (χ1) is 9.41. The van der Waals surface area contributed by atoms with Crippen molar-refractivity contribution < 1.29 is 9.84 Å². The van der Waals surface area contributed by atoms with Crippen molar-refractivity contribution in [2.75, 3.05) is 0 Å². The third-order valence-electron chi connectivity index (χ3n) is 3.31. The summed E-state index contributed by atoms with van der Waals surface area (Å²) in [7, 11) is 0. The summed E-state index contributed by atoms with van der Waals surface area (Å²) in [4.78, 5) is 0. The number of para-hydroxylation sites is 1. The maximum atomic E-state index is 9.39. The number of aliphatic hydroxyl groups is 1. The maximum absolute atomic E-state index is 9.39. The van der Waals surface area contributed by atoms with E-state index in [1.807, 2.05) is 36.4 Å². The summed E-state index contributed by atoms with van der Waals surface area (Å²) < 4.78 is 6.05. The molecule has 0 heterocycles. The fourth-order valence-electron chi connectivity index (χ4n) is 2.17. The van der Waals surface area contributed by atoms with E-state index in [2.05, 4.69) is 33.8 Å². The molecule has 0 fully saturated rings. The summed E-state index contributed by atoms with van der Waals surface area (Å²) >= 11 is 0. The normalized spacial score (nSPS) is 11.4. The Bertz CT molecular complexity index is 595. The van der Waals surface area contributed by atoms with Crippen molar-refractivity contribution in [3.63, 3.8) is 0 Å². The molecule has 0 aliphatic heterocycles. The van der Waals surface area contributed by atoms with Crippen LogP contribution in [0, 0.1) is 6.92 Å². The van der Waals surface area contributed by atoms with Gasteiger partial charge in [-0.25, -0.2) is 0 Å². The Morgan fingerprint density at radius 1 is 1.00 bits per heavy atom. The van der Waals surface area contributed by atoms with Gasteiger partial charge in [0.15, 0.2) is 0 Å². The van der Waals surface area contributed by atoms with E-state index in [0.29, 0.717) is 5.75 Å². The summed E-state index contributed by atoms with van der Waals surface area (Å²) in [6.07, 6.45) is 0. The van der Waals surface area contributed by atoms with Crippen molar-refractivity contribution in [2.45, 2.75) is 39.7 Å². The van der Waals surface area contributed by atoms with Crippen molar-refractivity contribution in [3.05, 3.63) is 59.2 Å². The minimum Gasteiger partial charge on any atom is -0.457 e. The molecule has 2 aromatic carbocycles. The minimum absolute atomic E-state index is 0.00944. The van der Waals surface area contributed by atoms with Gasteiger partial charge < -0.3 is 9.84 Å². The van der Waals surface area contributed by atoms with Crippen molar-refractivity contribution in [1.82, 2.24) is 0 Å². The lowest BCUT2D eigenvalue weighted by molar-refractivity contribution is 0.276. The van der Waals surface area contributed by atoms with Crippen LogP contribution in [0.2, 0.25) is 0 Å². The second-order valence-electron chi connectivity index (χ2n) is 6.12. The van der Waals surface area contributed by atoms with Gasteiger partial charge in [-0.2, -0.15) is 0 Å². The first-order valence-electron chi connectivity index (χ1n) is 6.89. The molecule has 0 unspecified atom stereocenters. The smallest absolute Gasteiger partial charge is 0.132 e. The van der Waals surface area contributed by atoms with Gasteiger partial charge in [0, 0.05) is 11.1 Å². The van der Waals surface area contributed by atoms with E-state index < -0.39 is 0 Å².